The molecule has 8 heteroatoms. The first-order chi connectivity index (χ1) is 10.2. The SMILES string of the molecule is CCCNCc1nnc(Nc2ccccc2OC(F)F)o1. The van der Waals surface area contributed by atoms with Crippen LogP contribution in [-0.2, 0) is 6.54 Å². The van der Waals surface area contributed by atoms with Crippen LogP contribution in [0.2, 0.25) is 0 Å². The molecule has 2 aromatic rings. The molecule has 0 fully saturated rings. The summed E-state index contributed by atoms with van der Waals surface area (Å²) in [7, 11) is 0. The Balaban J connectivity index is 2.01. The lowest BCUT2D eigenvalue weighted by Crippen LogP contribution is -2.13. The van der Waals surface area contributed by atoms with E-state index in [4.69, 9.17) is 4.42 Å². The second-order valence-electron chi connectivity index (χ2n) is 4.18. The second-order valence-corrected chi connectivity index (χ2v) is 4.18. The van der Waals surface area contributed by atoms with Crippen molar-refractivity contribution in [1.29, 1.82) is 0 Å². The first kappa shape index (κ1) is 15.2. The van der Waals surface area contributed by atoms with Crippen LogP contribution in [0.25, 0.3) is 0 Å². The Kier molecular flexibility index (Phi) is 5.44. The Morgan fingerprint density at radius 2 is 2.10 bits per heavy atom. The van der Waals surface area contributed by atoms with E-state index in [1.165, 1.54) is 6.07 Å². The number of hydrogen-bond donors (Lipinski definition) is 2. The fraction of sp³-hybridized carbons (Fsp3) is 0.385. The summed E-state index contributed by atoms with van der Waals surface area (Å²) in [4.78, 5) is 0. The topological polar surface area (TPSA) is 72.2 Å². The second kappa shape index (κ2) is 7.53. The van der Waals surface area contributed by atoms with Gasteiger partial charge >= 0.3 is 12.6 Å². The van der Waals surface area contributed by atoms with Gasteiger partial charge in [0.25, 0.3) is 0 Å². The van der Waals surface area contributed by atoms with Gasteiger partial charge in [-0.15, -0.1) is 5.10 Å². The molecule has 0 aliphatic rings. The first-order valence-corrected chi connectivity index (χ1v) is 6.53. The maximum Gasteiger partial charge on any atom is 0.387 e. The zero-order valence-corrected chi connectivity index (χ0v) is 11.5. The van der Waals surface area contributed by atoms with Crippen LogP contribution in [0.4, 0.5) is 20.5 Å². The highest BCUT2D eigenvalue weighted by atomic mass is 19.3. The number of para-hydroxylation sites is 2. The summed E-state index contributed by atoms with van der Waals surface area (Å²) in [5.74, 6) is 0.426. The van der Waals surface area contributed by atoms with Crippen LogP contribution in [0.15, 0.2) is 28.7 Å². The first-order valence-electron chi connectivity index (χ1n) is 6.53. The summed E-state index contributed by atoms with van der Waals surface area (Å²) < 4.78 is 34.4. The number of benzene rings is 1. The van der Waals surface area contributed by atoms with Gasteiger partial charge in [0.05, 0.1) is 12.2 Å². The Hall–Kier alpha value is -2.22. The molecule has 0 amide bonds. The van der Waals surface area contributed by atoms with Crippen LogP contribution >= 0.6 is 0 Å². The van der Waals surface area contributed by atoms with Crippen molar-refractivity contribution >= 4 is 11.7 Å². The van der Waals surface area contributed by atoms with Crippen LogP contribution in [0, 0.1) is 0 Å². The Labute approximate surface area is 120 Å². The minimum absolute atomic E-state index is 0.0105. The fourth-order valence-electron chi connectivity index (χ4n) is 1.63. The summed E-state index contributed by atoms with van der Waals surface area (Å²) in [6.07, 6.45) is 0.998. The van der Waals surface area contributed by atoms with Crippen LogP contribution in [0.3, 0.4) is 0 Å². The summed E-state index contributed by atoms with van der Waals surface area (Å²) in [6.45, 7) is 0.450. The molecule has 2 rings (SSSR count). The van der Waals surface area contributed by atoms with Gasteiger partial charge in [-0.05, 0) is 25.1 Å². The van der Waals surface area contributed by atoms with E-state index in [0.717, 1.165) is 13.0 Å². The highest BCUT2D eigenvalue weighted by Crippen LogP contribution is 2.28. The Morgan fingerprint density at radius 3 is 2.86 bits per heavy atom. The van der Waals surface area contributed by atoms with E-state index >= 15 is 0 Å². The van der Waals surface area contributed by atoms with Crippen molar-refractivity contribution in [3.8, 4) is 5.75 Å². The summed E-state index contributed by atoms with van der Waals surface area (Å²) in [5, 5.41) is 13.5. The molecule has 0 atom stereocenters. The molecule has 6 nitrogen and oxygen atoms in total. The smallest absolute Gasteiger partial charge is 0.387 e. The zero-order valence-electron chi connectivity index (χ0n) is 11.5. The highest BCUT2D eigenvalue weighted by molar-refractivity contribution is 5.61. The quantitative estimate of drug-likeness (QED) is 0.730. The fourth-order valence-corrected chi connectivity index (χ4v) is 1.63. The standard InChI is InChI=1S/C13H16F2N4O2/c1-2-7-16-8-11-18-19-13(21-11)17-9-5-3-4-6-10(9)20-12(14)15/h3-6,12,16H,2,7-8H2,1H3,(H,17,19). The number of alkyl halides is 2. The number of nitrogens with zero attached hydrogens (tertiary/aromatic N) is 2. The third-order valence-corrected chi connectivity index (χ3v) is 2.51. The molecular formula is C13H16F2N4O2. The van der Waals surface area contributed by atoms with Gasteiger partial charge < -0.3 is 19.8 Å². The molecule has 0 bridgehead atoms. The van der Waals surface area contributed by atoms with Crippen LogP contribution in [0.1, 0.15) is 19.2 Å². The van der Waals surface area contributed by atoms with E-state index in [1.54, 1.807) is 18.2 Å². The lowest BCUT2D eigenvalue weighted by molar-refractivity contribution is -0.0493. The minimum atomic E-state index is -2.90. The molecule has 114 valence electrons. The molecule has 0 unspecified atom stereocenters. The molecule has 0 saturated carbocycles. The van der Waals surface area contributed by atoms with Gasteiger partial charge in [0.15, 0.2) is 0 Å². The normalized spacial score (nSPS) is 10.9. The molecule has 2 N–H and O–H groups in total. The highest BCUT2D eigenvalue weighted by Gasteiger charge is 2.12. The maximum absolute atomic E-state index is 12.3. The van der Waals surface area contributed by atoms with Crippen molar-refractivity contribution in [1.82, 2.24) is 15.5 Å². The van der Waals surface area contributed by atoms with Crippen LogP contribution in [-0.4, -0.2) is 23.4 Å². The van der Waals surface area contributed by atoms with E-state index in [2.05, 4.69) is 25.6 Å². The zero-order chi connectivity index (χ0) is 15.1. The lowest BCUT2D eigenvalue weighted by Gasteiger charge is -2.09. The molecule has 1 aromatic carbocycles. The van der Waals surface area contributed by atoms with E-state index in [0.29, 0.717) is 18.1 Å². The number of anilines is 2. The van der Waals surface area contributed by atoms with Gasteiger partial charge in [0, 0.05) is 0 Å². The number of ether oxygens (including phenoxy) is 1. The number of rotatable bonds is 8. The van der Waals surface area contributed by atoms with Crippen molar-refractivity contribution in [2.75, 3.05) is 11.9 Å². The predicted octanol–water partition coefficient (Wildman–Crippen LogP) is 2.91. The third kappa shape index (κ3) is 4.67. The molecule has 1 heterocycles. The van der Waals surface area contributed by atoms with Gasteiger partial charge in [-0.25, -0.2) is 0 Å². The van der Waals surface area contributed by atoms with E-state index < -0.39 is 6.61 Å². The van der Waals surface area contributed by atoms with Gasteiger partial charge in [0.1, 0.15) is 5.75 Å². The van der Waals surface area contributed by atoms with Crippen molar-refractivity contribution < 1.29 is 17.9 Å². The molecule has 0 spiro atoms. The molecule has 0 aliphatic carbocycles. The average Bonchev–Trinajstić information content (AvgIpc) is 2.88. The lowest BCUT2D eigenvalue weighted by atomic mass is 10.3. The van der Waals surface area contributed by atoms with Crippen LogP contribution < -0.4 is 15.4 Å². The van der Waals surface area contributed by atoms with Gasteiger partial charge in [-0.3, -0.25) is 0 Å². The van der Waals surface area contributed by atoms with E-state index in [1.807, 2.05) is 6.92 Å². The minimum Gasteiger partial charge on any atom is -0.433 e. The third-order valence-electron chi connectivity index (χ3n) is 2.51. The van der Waals surface area contributed by atoms with Crippen molar-refractivity contribution in [3.63, 3.8) is 0 Å². The van der Waals surface area contributed by atoms with E-state index in [9.17, 15) is 8.78 Å². The predicted molar refractivity (Wildman–Crippen MR) is 72.7 cm³/mol. The van der Waals surface area contributed by atoms with Crippen molar-refractivity contribution in [3.05, 3.63) is 30.2 Å². The number of halogens is 2. The number of nitrogens with one attached hydrogen (secondary N) is 2. The monoisotopic (exact) mass is 298 g/mol. The van der Waals surface area contributed by atoms with E-state index in [-0.39, 0.29) is 11.8 Å². The maximum atomic E-state index is 12.3. The Morgan fingerprint density at radius 1 is 1.29 bits per heavy atom. The van der Waals surface area contributed by atoms with Gasteiger partial charge in [0.2, 0.25) is 5.89 Å². The molecule has 21 heavy (non-hydrogen) atoms. The number of aromatic nitrogens is 2. The average molecular weight is 298 g/mol. The summed E-state index contributed by atoms with van der Waals surface area (Å²) >= 11 is 0. The molecule has 0 aliphatic heterocycles. The van der Waals surface area contributed by atoms with Crippen molar-refractivity contribution in [2.45, 2.75) is 26.5 Å². The Bertz CT molecular complexity index is 563. The molecule has 0 saturated heterocycles. The van der Waals surface area contributed by atoms with Gasteiger partial charge in [-0.2, -0.15) is 8.78 Å². The molecule has 1 aromatic heterocycles. The number of hydrogen-bond acceptors (Lipinski definition) is 6. The summed E-state index contributed by atoms with van der Waals surface area (Å²) in [6, 6.07) is 6.40. The summed E-state index contributed by atoms with van der Waals surface area (Å²) in [5.41, 5.74) is 0.328. The van der Waals surface area contributed by atoms with Gasteiger partial charge in [-0.1, -0.05) is 24.2 Å². The largest absolute Gasteiger partial charge is 0.433 e. The molecule has 0 radical (unpaired) electrons. The molecular weight excluding hydrogens is 282 g/mol. The van der Waals surface area contributed by atoms with Crippen molar-refractivity contribution in [2.24, 2.45) is 0 Å². The van der Waals surface area contributed by atoms with Crippen LogP contribution in [0.5, 0.6) is 5.75 Å².